The molecule has 0 aliphatic heterocycles. The molecule has 3 N–H and O–H groups in total. The minimum Gasteiger partial charge on any atom is -0.506 e. The average molecular weight is 715 g/mol. The molecule has 0 atom stereocenters. The first kappa shape index (κ1) is 23.1. The third kappa shape index (κ3) is 4.15. The topological polar surface area (TPSA) is 60.7 Å². The van der Waals surface area contributed by atoms with Crippen LogP contribution in [0.4, 0.5) is 0 Å². The van der Waals surface area contributed by atoms with Crippen molar-refractivity contribution >= 4 is 79.6 Å². The fraction of sp³-hybridized carbons (Fsp3) is 0.143. The van der Waals surface area contributed by atoms with Crippen LogP contribution in [0, 0.1) is 6.92 Å². The summed E-state index contributed by atoms with van der Waals surface area (Å²) in [7, 11) is 0. The second kappa shape index (κ2) is 8.54. The summed E-state index contributed by atoms with van der Waals surface area (Å²) < 4.78 is 2.81. The Morgan fingerprint density at radius 3 is 1.14 bits per heavy atom. The highest BCUT2D eigenvalue weighted by molar-refractivity contribution is 9.11. The van der Waals surface area contributed by atoms with Gasteiger partial charge in [-0.1, -0.05) is 6.07 Å². The molecule has 3 nitrogen and oxygen atoms in total. The van der Waals surface area contributed by atoms with E-state index in [1.807, 2.05) is 43.3 Å². The Kier molecular flexibility index (Phi) is 6.81. The molecule has 0 aliphatic carbocycles. The quantitative estimate of drug-likeness (QED) is 0.240. The van der Waals surface area contributed by atoms with Gasteiger partial charge in [-0.05, 0) is 146 Å². The van der Waals surface area contributed by atoms with Gasteiger partial charge >= 0.3 is 0 Å². The summed E-state index contributed by atoms with van der Waals surface area (Å²) in [6, 6.07) is 11.3. The monoisotopic (exact) mass is 710 g/mol. The van der Waals surface area contributed by atoms with Crippen LogP contribution in [0.5, 0.6) is 17.2 Å². The van der Waals surface area contributed by atoms with Crippen molar-refractivity contribution in [3.8, 4) is 17.2 Å². The lowest BCUT2D eigenvalue weighted by Gasteiger charge is -2.33. The molecule has 0 amide bonds. The Morgan fingerprint density at radius 1 is 0.552 bits per heavy atom. The first-order chi connectivity index (χ1) is 13.5. The second-order valence-corrected chi connectivity index (χ2v) is 11.1. The summed E-state index contributed by atoms with van der Waals surface area (Å²) in [5.41, 5.74) is 2.77. The Hall–Kier alpha value is -0.540. The van der Waals surface area contributed by atoms with Crippen molar-refractivity contribution < 1.29 is 15.3 Å². The van der Waals surface area contributed by atoms with Crippen LogP contribution in [0.15, 0.2) is 58.8 Å². The standard InChI is InChI=1S/C21H15Br5O3/c1-9-3-10(4-13(22)18(9)27)21(2,11-5-14(23)19(28)15(24)6-11)12-7-16(25)20(29)17(26)8-12/h3-8,27-29H,1-2H3. The molecule has 0 aliphatic rings. The summed E-state index contributed by atoms with van der Waals surface area (Å²) in [6.45, 7) is 3.90. The molecule has 0 unspecified atom stereocenters. The van der Waals surface area contributed by atoms with E-state index in [2.05, 4.69) is 86.6 Å². The largest absolute Gasteiger partial charge is 0.506 e. The molecule has 0 heterocycles. The van der Waals surface area contributed by atoms with Crippen molar-refractivity contribution in [2.24, 2.45) is 0 Å². The summed E-state index contributed by atoms with van der Waals surface area (Å²) in [4.78, 5) is 0. The highest BCUT2D eigenvalue weighted by Crippen LogP contribution is 2.48. The molecule has 3 aromatic carbocycles. The van der Waals surface area contributed by atoms with E-state index in [4.69, 9.17) is 0 Å². The molecule has 3 rings (SSSR count). The molecule has 0 bridgehead atoms. The van der Waals surface area contributed by atoms with Gasteiger partial charge in [0.15, 0.2) is 0 Å². The van der Waals surface area contributed by atoms with Crippen LogP contribution in [0.2, 0.25) is 0 Å². The average Bonchev–Trinajstić information content (AvgIpc) is 2.66. The summed E-state index contributed by atoms with van der Waals surface area (Å²) in [5.74, 6) is 0.428. The number of aryl methyl sites for hydroxylation is 1. The van der Waals surface area contributed by atoms with E-state index in [1.54, 1.807) is 0 Å². The number of hydrogen-bond donors (Lipinski definition) is 3. The molecule has 0 aromatic heterocycles. The molecule has 0 spiro atoms. The Bertz CT molecular complexity index is 919. The normalized spacial score (nSPS) is 11.7. The molecule has 0 saturated carbocycles. The van der Waals surface area contributed by atoms with Gasteiger partial charge in [0.05, 0.1) is 22.4 Å². The highest BCUT2D eigenvalue weighted by Gasteiger charge is 2.34. The fourth-order valence-electron chi connectivity index (χ4n) is 3.23. The lowest BCUT2D eigenvalue weighted by atomic mass is 9.70. The molecule has 8 heteroatoms. The van der Waals surface area contributed by atoms with E-state index in [9.17, 15) is 15.3 Å². The van der Waals surface area contributed by atoms with E-state index < -0.39 is 5.41 Å². The Morgan fingerprint density at radius 2 is 0.828 bits per heavy atom. The van der Waals surface area contributed by atoms with Crippen LogP contribution in [-0.4, -0.2) is 15.3 Å². The zero-order chi connectivity index (χ0) is 21.7. The molecule has 0 fully saturated rings. The zero-order valence-corrected chi connectivity index (χ0v) is 23.1. The minimum absolute atomic E-state index is 0.118. The van der Waals surface area contributed by atoms with Gasteiger partial charge in [-0.3, -0.25) is 0 Å². The molecule has 0 radical (unpaired) electrons. The first-order valence-corrected chi connectivity index (χ1v) is 12.3. The van der Waals surface area contributed by atoms with E-state index in [-0.39, 0.29) is 17.2 Å². The maximum absolute atomic E-state index is 10.2. The van der Waals surface area contributed by atoms with Gasteiger partial charge < -0.3 is 15.3 Å². The fourth-order valence-corrected chi connectivity index (χ4v) is 6.17. The van der Waals surface area contributed by atoms with Crippen LogP contribution in [0.25, 0.3) is 0 Å². The van der Waals surface area contributed by atoms with Gasteiger partial charge in [-0.2, -0.15) is 0 Å². The maximum Gasteiger partial charge on any atom is 0.143 e. The molecule has 152 valence electrons. The number of phenols is 3. The van der Waals surface area contributed by atoms with Gasteiger partial charge in [0.2, 0.25) is 0 Å². The first-order valence-electron chi connectivity index (χ1n) is 8.33. The highest BCUT2D eigenvalue weighted by atomic mass is 79.9. The van der Waals surface area contributed by atoms with Crippen molar-refractivity contribution in [1.29, 1.82) is 0 Å². The lowest BCUT2D eigenvalue weighted by Crippen LogP contribution is -2.26. The number of phenolic OH excluding ortho intramolecular Hbond substituents is 3. The minimum atomic E-state index is -0.682. The number of benzene rings is 3. The third-order valence-electron chi connectivity index (χ3n) is 5.02. The lowest BCUT2D eigenvalue weighted by molar-refractivity contribution is 0.466. The molecular formula is C21H15Br5O3. The van der Waals surface area contributed by atoms with Gasteiger partial charge in [-0.15, -0.1) is 0 Å². The van der Waals surface area contributed by atoms with Gasteiger partial charge in [0.25, 0.3) is 0 Å². The third-order valence-corrected chi connectivity index (χ3v) is 8.04. The summed E-state index contributed by atoms with van der Waals surface area (Å²) >= 11 is 17.2. The van der Waals surface area contributed by atoms with Crippen LogP contribution >= 0.6 is 79.6 Å². The van der Waals surface area contributed by atoms with Crippen molar-refractivity contribution in [3.05, 3.63) is 81.0 Å². The molecule has 0 saturated heterocycles. The van der Waals surface area contributed by atoms with E-state index >= 15 is 0 Å². The predicted molar refractivity (Wildman–Crippen MR) is 133 cm³/mol. The number of halogens is 5. The smallest absolute Gasteiger partial charge is 0.143 e. The van der Waals surface area contributed by atoms with E-state index in [1.165, 1.54) is 0 Å². The second-order valence-electron chi connectivity index (χ2n) is 6.83. The molecule has 3 aromatic rings. The molecular weight excluding hydrogens is 700 g/mol. The summed E-state index contributed by atoms with van der Waals surface area (Å²) in [5, 5.41) is 30.7. The van der Waals surface area contributed by atoms with Crippen molar-refractivity contribution in [2.75, 3.05) is 0 Å². The van der Waals surface area contributed by atoms with E-state index in [0.29, 0.717) is 22.4 Å². The zero-order valence-electron chi connectivity index (χ0n) is 15.2. The predicted octanol–water partition coefficient (Wildman–Crippen LogP) is 8.28. The van der Waals surface area contributed by atoms with Gasteiger partial charge in [-0.25, -0.2) is 0 Å². The van der Waals surface area contributed by atoms with Gasteiger partial charge in [0, 0.05) is 5.41 Å². The maximum atomic E-state index is 10.2. The van der Waals surface area contributed by atoms with Crippen LogP contribution in [0.1, 0.15) is 29.2 Å². The Balaban J connectivity index is 2.42. The summed E-state index contributed by atoms with van der Waals surface area (Å²) in [6.07, 6.45) is 0. The van der Waals surface area contributed by atoms with E-state index in [0.717, 1.165) is 22.3 Å². The SMILES string of the molecule is Cc1cc(C(C)(c2cc(Br)c(O)c(Br)c2)c2cc(Br)c(O)c(Br)c2)cc(Br)c1O. The van der Waals surface area contributed by atoms with Crippen LogP contribution < -0.4 is 0 Å². The van der Waals surface area contributed by atoms with Crippen molar-refractivity contribution in [3.63, 3.8) is 0 Å². The molecule has 29 heavy (non-hydrogen) atoms. The van der Waals surface area contributed by atoms with Crippen molar-refractivity contribution in [2.45, 2.75) is 19.3 Å². The van der Waals surface area contributed by atoms with Crippen molar-refractivity contribution in [1.82, 2.24) is 0 Å². The number of rotatable bonds is 3. The Labute approximate surface area is 210 Å². The number of hydrogen-bond acceptors (Lipinski definition) is 3. The van der Waals surface area contributed by atoms with Gasteiger partial charge in [0.1, 0.15) is 17.2 Å². The number of aromatic hydroxyl groups is 3. The van der Waals surface area contributed by atoms with Crippen LogP contribution in [-0.2, 0) is 5.41 Å². The van der Waals surface area contributed by atoms with Crippen LogP contribution in [0.3, 0.4) is 0 Å².